The molecule has 1 heterocycles. The van der Waals surface area contributed by atoms with Gasteiger partial charge < -0.3 is 0 Å². The van der Waals surface area contributed by atoms with E-state index in [-0.39, 0.29) is 10.8 Å². The molecule has 0 spiro atoms. The fourth-order valence-electron chi connectivity index (χ4n) is 2.23. The van der Waals surface area contributed by atoms with Crippen LogP contribution in [-0.2, 0) is 6.54 Å². The summed E-state index contributed by atoms with van der Waals surface area (Å²) in [4.78, 5) is 10.4. The van der Waals surface area contributed by atoms with Crippen molar-refractivity contribution in [3.8, 4) is 0 Å². The minimum absolute atomic E-state index is 0.0132. The molecule has 0 saturated heterocycles. The number of nitrogens with zero attached hydrogens (tertiary/aromatic N) is 3. The van der Waals surface area contributed by atoms with Crippen LogP contribution in [0.4, 0.5) is 5.69 Å². The second kappa shape index (κ2) is 5.18. The maximum absolute atomic E-state index is 10.8. The zero-order valence-corrected chi connectivity index (χ0v) is 12.0. The minimum atomic E-state index is -0.437. The molecule has 6 heteroatoms. The first kappa shape index (κ1) is 13.6. The fraction of sp³-hybridized carbons (Fsp3) is 0.133. The van der Waals surface area contributed by atoms with Crippen molar-refractivity contribution >= 4 is 28.2 Å². The summed E-state index contributed by atoms with van der Waals surface area (Å²) >= 11 is 6.09. The molecular formula is C15H12ClN3O2. The van der Waals surface area contributed by atoms with Gasteiger partial charge in [0.2, 0.25) is 0 Å². The maximum Gasteiger partial charge on any atom is 0.270 e. The van der Waals surface area contributed by atoms with Gasteiger partial charge in [0.05, 0.1) is 17.0 Å². The molecule has 1 aromatic heterocycles. The highest BCUT2D eigenvalue weighted by Crippen LogP contribution is 2.27. The van der Waals surface area contributed by atoms with Gasteiger partial charge in [-0.05, 0) is 18.6 Å². The third-order valence-corrected chi connectivity index (χ3v) is 3.63. The topological polar surface area (TPSA) is 61.0 Å². The molecule has 0 N–H and O–H groups in total. The van der Waals surface area contributed by atoms with Crippen LogP contribution in [0.3, 0.4) is 0 Å². The molecule has 0 fully saturated rings. The average molecular weight is 302 g/mol. The van der Waals surface area contributed by atoms with Gasteiger partial charge in [0.15, 0.2) is 5.15 Å². The molecule has 0 atom stereocenters. The first-order chi connectivity index (χ1) is 10.0. The highest BCUT2D eigenvalue weighted by Gasteiger charge is 2.14. The quantitative estimate of drug-likeness (QED) is 0.543. The van der Waals surface area contributed by atoms with Crippen molar-refractivity contribution in [1.82, 2.24) is 9.78 Å². The normalized spacial score (nSPS) is 11.0. The molecular weight excluding hydrogens is 290 g/mol. The molecule has 0 unspecified atom stereocenters. The number of nitro groups is 1. The molecule has 21 heavy (non-hydrogen) atoms. The van der Waals surface area contributed by atoms with Crippen molar-refractivity contribution in [3.63, 3.8) is 0 Å². The summed E-state index contributed by atoms with van der Waals surface area (Å²) in [5, 5.41) is 16.0. The Labute approximate surface area is 125 Å². The zero-order chi connectivity index (χ0) is 15.0. The first-order valence-electron chi connectivity index (χ1n) is 6.40. The number of benzene rings is 2. The number of aryl methyl sites for hydroxylation is 1. The summed E-state index contributed by atoms with van der Waals surface area (Å²) in [6, 6.07) is 12.7. The summed E-state index contributed by atoms with van der Waals surface area (Å²) in [5.74, 6) is 0. The number of aromatic nitrogens is 2. The SMILES string of the molecule is Cc1ccc(Cn2nc(Cl)c3cc([N+](=O)[O-])ccc32)cc1. The summed E-state index contributed by atoms with van der Waals surface area (Å²) < 4.78 is 1.76. The lowest BCUT2D eigenvalue weighted by molar-refractivity contribution is -0.384. The van der Waals surface area contributed by atoms with Crippen LogP contribution in [0.25, 0.3) is 10.9 Å². The first-order valence-corrected chi connectivity index (χ1v) is 6.78. The molecule has 3 rings (SSSR count). The summed E-state index contributed by atoms with van der Waals surface area (Å²) in [5.41, 5.74) is 3.09. The molecule has 0 amide bonds. The molecule has 106 valence electrons. The maximum atomic E-state index is 10.8. The van der Waals surface area contributed by atoms with Crippen LogP contribution in [0.2, 0.25) is 5.15 Å². The molecule has 0 aliphatic heterocycles. The molecule has 0 radical (unpaired) electrons. The Morgan fingerprint density at radius 3 is 2.62 bits per heavy atom. The molecule has 3 aromatic rings. The van der Waals surface area contributed by atoms with Crippen LogP contribution in [0.5, 0.6) is 0 Å². The average Bonchev–Trinajstić information content (AvgIpc) is 2.77. The van der Waals surface area contributed by atoms with Gasteiger partial charge in [0.1, 0.15) is 0 Å². The lowest BCUT2D eigenvalue weighted by atomic mass is 10.1. The largest absolute Gasteiger partial charge is 0.270 e. The number of non-ortho nitro benzene ring substituents is 1. The smallest absolute Gasteiger partial charge is 0.259 e. The molecule has 0 aliphatic rings. The van der Waals surface area contributed by atoms with Gasteiger partial charge >= 0.3 is 0 Å². The monoisotopic (exact) mass is 301 g/mol. The van der Waals surface area contributed by atoms with Crippen molar-refractivity contribution in [1.29, 1.82) is 0 Å². The third kappa shape index (κ3) is 2.60. The van der Waals surface area contributed by atoms with Gasteiger partial charge in [-0.3, -0.25) is 14.8 Å². The Bertz CT molecular complexity index is 825. The standard InChI is InChI=1S/C15H12ClN3O2/c1-10-2-4-11(5-3-10)9-18-14-7-6-12(19(20)21)8-13(14)15(16)17-18/h2-8H,9H2,1H3. The predicted octanol–water partition coefficient (Wildman–Crippen LogP) is 3.95. The Kier molecular flexibility index (Phi) is 3.35. The number of hydrogen-bond donors (Lipinski definition) is 0. The van der Waals surface area contributed by atoms with E-state index in [1.807, 2.05) is 31.2 Å². The number of hydrogen-bond acceptors (Lipinski definition) is 3. The van der Waals surface area contributed by atoms with E-state index in [0.29, 0.717) is 11.9 Å². The van der Waals surface area contributed by atoms with Crippen molar-refractivity contribution in [2.24, 2.45) is 0 Å². The summed E-state index contributed by atoms with van der Waals surface area (Å²) in [6.07, 6.45) is 0. The van der Waals surface area contributed by atoms with Crippen LogP contribution in [-0.4, -0.2) is 14.7 Å². The number of nitro benzene ring substituents is 1. The minimum Gasteiger partial charge on any atom is -0.259 e. The van der Waals surface area contributed by atoms with Gasteiger partial charge in [0.25, 0.3) is 5.69 Å². The van der Waals surface area contributed by atoms with E-state index in [0.717, 1.165) is 11.1 Å². The van der Waals surface area contributed by atoms with Crippen LogP contribution in [0.1, 0.15) is 11.1 Å². The van der Waals surface area contributed by atoms with Crippen LogP contribution in [0, 0.1) is 17.0 Å². The number of halogens is 1. The molecule has 2 aromatic carbocycles. The lowest BCUT2D eigenvalue weighted by Gasteiger charge is -2.04. The Morgan fingerprint density at radius 2 is 1.95 bits per heavy atom. The summed E-state index contributed by atoms with van der Waals surface area (Å²) in [7, 11) is 0. The second-order valence-electron chi connectivity index (χ2n) is 4.89. The van der Waals surface area contributed by atoms with E-state index < -0.39 is 4.92 Å². The van der Waals surface area contributed by atoms with E-state index >= 15 is 0 Å². The van der Waals surface area contributed by atoms with Gasteiger partial charge in [-0.2, -0.15) is 5.10 Å². The summed E-state index contributed by atoms with van der Waals surface area (Å²) in [6.45, 7) is 2.60. The van der Waals surface area contributed by atoms with Crippen molar-refractivity contribution in [3.05, 3.63) is 68.9 Å². The molecule has 0 bridgehead atoms. The van der Waals surface area contributed by atoms with Gasteiger partial charge in [0, 0.05) is 17.5 Å². The van der Waals surface area contributed by atoms with E-state index in [2.05, 4.69) is 5.10 Å². The highest BCUT2D eigenvalue weighted by atomic mass is 35.5. The predicted molar refractivity (Wildman–Crippen MR) is 81.7 cm³/mol. The Morgan fingerprint density at radius 1 is 1.24 bits per heavy atom. The van der Waals surface area contributed by atoms with E-state index in [1.165, 1.54) is 17.7 Å². The number of fused-ring (bicyclic) bond motifs is 1. The van der Waals surface area contributed by atoms with Crippen molar-refractivity contribution in [2.45, 2.75) is 13.5 Å². The van der Waals surface area contributed by atoms with Gasteiger partial charge in [-0.15, -0.1) is 0 Å². The van der Waals surface area contributed by atoms with Crippen LogP contribution >= 0.6 is 11.6 Å². The highest BCUT2D eigenvalue weighted by molar-refractivity contribution is 6.34. The number of rotatable bonds is 3. The van der Waals surface area contributed by atoms with Crippen molar-refractivity contribution in [2.75, 3.05) is 0 Å². The van der Waals surface area contributed by atoms with E-state index in [9.17, 15) is 10.1 Å². The molecule has 0 saturated carbocycles. The Hall–Kier alpha value is -2.40. The third-order valence-electron chi connectivity index (χ3n) is 3.35. The lowest BCUT2D eigenvalue weighted by Crippen LogP contribution is -2.01. The Balaban J connectivity index is 2.03. The second-order valence-corrected chi connectivity index (χ2v) is 5.25. The van der Waals surface area contributed by atoms with Crippen LogP contribution in [0.15, 0.2) is 42.5 Å². The van der Waals surface area contributed by atoms with Gasteiger partial charge in [-0.1, -0.05) is 41.4 Å². The van der Waals surface area contributed by atoms with Crippen molar-refractivity contribution < 1.29 is 4.92 Å². The molecule has 0 aliphatic carbocycles. The molecule has 5 nitrogen and oxygen atoms in total. The zero-order valence-electron chi connectivity index (χ0n) is 11.3. The van der Waals surface area contributed by atoms with E-state index in [4.69, 9.17) is 11.6 Å². The van der Waals surface area contributed by atoms with Gasteiger partial charge in [-0.25, -0.2) is 0 Å². The van der Waals surface area contributed by atoms with Crippen LogP contribution < -0.4 is 0 Å². The fourth-order valence-corrected chi connectivity index (χ4v) is 2.47. The van der Waals surface area contributed by atoms with E-state index in [1.54, 1.807) is 10.7 Å².